The van der Waals surface area contributed by atoms with Gasteiger partial charge in [0.2, 0.25) is 0 Å². The molecule has 14 heavy (non-hydrogen) atoms. The molecular weight excluding hydrogens is 202 g/mol. The third kappa shape index (κ3) is 2.47. The lowest BCUT2D eigenvalue weighted by atomic mass is 10.0. The molecule has 1 aromatic carbocycles. The van der Waals surface area contributed by atoms with Crippen LogP contribution in [0.2, 0.25) is 5.02 Å². The highest BCUT2D eigenvalue weighted by Crippen LogP contribution is 2.26. The SMILES string of the molecule is Cc1cccc([C@H](N)CC(=O)O)c1Cl. The molecule has 0 unspecified atom stereocenters. The minimum atomic E-state index is -0.921. The lowest BCUT2D eigenvalue weighted by molar-refractivity contribution is -0.137. The highest BCUT2D eigenvalue weighted by molar-refractivity contribution is 6.32. The molecule has 0 saturated heterocycles. The maximum absolute atomic E-state index is 10.5. The summed E-state index contributed by atoms with van der Waals surface area (Å²) < 4.78 is 0. The fourth-order valence-electron chi connectivity index (χ4n) is 1.25. The average Bonchev–Trinajstić information content (AvgIpc) is 2.08. The van der Waals surface area contributed by atoms with E-state index in [4.69, 9.17) is 22.4 Å². The van der Waals surface area contributed by atoms with Crippen LogP contribution in [-0.2, 0) is 4.79 Å². The first kappa shape index (κ1) is 11.0. The second kappa shape index (κ2) is 4.44. The molecule has 1 rings (SSSR count). The lowest BCUT2D eigenvalue weighted by Gasteiger charge is -2.12. The van der Waals surface area contributed by atoms with Crippen LogP contribution in [0.3, 0.4) is 0 Å². The number of rotatable bonds is 3. The standard InChI is InChI=1S/C10H12ClNO2/c1-6-3-2-4-7(10(6)11)8(12)5-9(13)14/h2-4,8H,5,12H2,1H3,(H,13,14)/t8-/m1/s1. The number of carboxylic acid groups (broad SMARTS) is 1. The molecule has 0 fully saturated rings. The third-order valence-corrected chi connectivity index (χ3v) is 2.53. The Balaban J connectivity index is 2.95. The monoisotopic (exact) mass is 213 g/mol. The van der Waals surface area contributed by atoms with E-state index in [0.717, 1.165) is 5.56 Å². The lowest BCUT2D eigenvalue weighted by Crippen LogP contribution is -2.15. The van der Waals surface area contributed by atoms with Crippen molar-refractivity contribution in [1.29, 1.82) is 0 Å². The van der Waals surface area contributed by atoms with Crippen LogP contribution in [-0.4, -0.2) is 11.1 Å². The first-order valence-electron chi connectivity index (χ1n) is 4.24. The first-order chi connectivity index (χ1) is 6.52. The molecule has 0 aliphatic rings. The van der Waals surface area contributed by atoms with E-state index in [1.165, 1.54) is 0 Å². The predicted octanol–water partition coefficient (Wildman–Crippen LogP) is 2.12. The van der Waals surface area contributed by atoms with Crippen molar-refractivity contribution in [1.82, 2.24) is 0 Å². The molecule has 0 aromatic heterocycles. The van der Waals surface area contributed by atoms with Gasteiger partial charge in [-0.3, -0.25) is 4.79 Å². The minimum Gasteiger partial charge on any atom is -0.481 e. The molecule has 1 aromatic rings. The van der Waals surface area contributed by atoms with Gasteiger partial charge in [-0.05, 0) is 18.1 Å². The third-order valence-electron chi connectivity index (χ3n) is 2.02. The molecule has 0 spiro atoms. The first-order valence-corrected chi connectivity index (χ1v) is 4.62. The Morgan fingerprint density at radius 3 is 2.86 bits per heavy atom. The van der Waals surface area contributed by atoms with E-state index < -0.39 is 12.0 Å². The normalized spacial score (nSPS) is 12.5. The second-order valence-corrected chi connectivity index (χ2v) is 3.56. The van der Waals surface area contributed by atoms with Gasteiger partial charge in [0.1, 0.15) is 0 Å². The van der Waals surface area contributed by atoms with Gasteiger partial charge in [0.05, 0.1) is 6.42 Å². The van der Waals surface area contributed by atoms with E-state index >= 15 is 0 Å². The van der Waals surface area contributed by atoms with Crippen molar-refractivity contribution < 1.29 is 9.90 Å². The number of hydrogen-bond donors (Lipinski definition) is 2. The largest absolute Gasteiger partial charge is 0.481 e. The van der Waals surface area contributed by atoms with Crippen LogP contribution in [0.4, 0.5) is 0 Å². The highest BCUT2D eigenvalue weighted by atomic mass is 35.5. The highest BCUT2D eigenvalue weighted by Gasteiger charge is 2.14. The van der Waals surface area contributed by atoms with E-state index in [9.17, 15) is 4.79 Å². The van der Waals surface area contributed by atoms with Crippen molar-refractivity contribution >= 4 is 17.6 Å². The molecule has 76 valence electrons. The Labute approximate surface area is 87.5 Å². The van der Waals surface area contributed by atoms with Gasteiger partial charge in [-0.15, -0.1) is 0 Å². The molecule has 4 heteroatoms. The van der Waals surface area contributed by atoms with Crippen LogP contribution in [0.5, 0.6) is 0 Å². The Hall–Kier alpha value is -1.06. The number of carboxylic acids is 1. The Morgan fingerprint density at radius 1 is 1.64 bits per heavy atom. The smallest absolute Gasteiger partial charge is 0.305 e. The molecule has 3 N–H and O–H groups in total. The van der Waals surface area contributed by atoms with Crippen LogP contribution in [0, 0.1) is 6.92 Å². The van der Waals surface area contributed by atoms with Gasteiger partial charge in [0.25, 0.3) is 0 Å². The van der Waals surface area contributed by atoms with Crippen LogP contribution < -0.4 is 5.73 Å². The molecule has 0 amide bonds. The van der Waals surface area contributed by atoms with E-state index in [-0.39, 0.29) is 6.42 Å². The maximum atomic E-state index is 10.5. The average molecular weight is 214 g/mol. The molecule has 0 aliphatic heterocycles. The second-order valence-electron chi connectivity index (χ2n) is 3.18. The van der Waals surface area contributed by atoms with Gasteiger partial charge < -0.3 is 10.8 Å². The zero-order chi connectivity index (χ0) is 10.7. The van der Waals surface area contributed by atoms with E-state index in [1.54, 1.807) is 6.07 Å². The van der Waals surface area contributed by atoms with Crippen molar-refractivity contribution in [3.63, 3.8) is 0 Å². The van der Waals surface area contributed by atoms with Gasteiger partial charge in [-0.1, -0.05) is 29.8 Å². The summed E-state index contributed by atoms with van der Waals surface area (Å²) in [5, 5.41) is 9.14. The summed E-state index contributed by atoms with van der Waals surface area (Å²) in [6, 6.07) is 4.89. The van der Waals surface area contributed by atoms with Crippen molar-refractivity contribution in [2.24, 2.45) is 5.73 Å². The van der Waals surface area contributed by atoms with Crippen molar-refractivity contribution in [2.75, 3.05) is 0 Å². The fourth-order valence-corrected chi connectivity index (χ4v) is 1.52. The summed E-state index contributed by atoms with van der Waals surface area (Å²) in [4.78, 5) is 10.5. The number of benzene rings is 1. The molecule has 1 atom stereocenters. The van der Waals surface area contributed by atoms with Gasteiger partial charge in [0.15, 0.2) is 0 Å². The zero-order valence-electron chi connectivity index (χ0n) is 7.83. The minimum absolute atomic E-state index is 0.108. The Kier molecular flexibility index (Phi) is 3.49. The molecule has 0 bridgehead atoms. The van der Waals surface area contributed by atoms with Crippen molar-refractivity contribution in [2.45, 2.75) is 19.4 Å². The van der Waals surface area contributed by atoms with E-state index in [1.807, 2.05) is 19.1 Å². The molecule has 0 saturated carbocycles. The summed E-state index contributed by atoms with van der Waals surface area (Å²) in [5.74, 6) is -0.921. The van der Waals surface area contributed by atoms with Crippen molar-refractivity contribution in [3.8, 4) is 0 Å². The van der Waals surface area contributed by atoms with Crippen LogP contribution in [0.15, 0.2) is 18.2 Å². The Morgan fingerprint density at radius 2 is 2.29 bits per heavy atom. The number of carbonyl (C=O) groups is 1. The summed E-state index contributed by atoms with van der Waals surface area (Å²) >= 11 is 6.00. The van der Waals surface area contributed by atoms with Gasteiger partial charge in [-0.2, -0.15) is 0 Å². The van der Waals surface area contributed by atoms with Gasteiger partial charge in [0, 0.05) is 11.1 Å². The summed E-state index contributed by atoms with van der Waals surface area (Å²) in [6.07, 6.45) is -0.108. The van der Waals surface area contributed by atoms with Crippen LogP contribution >= 0.6 is 11.6 Å². The van der Waals surface area contributed by atoms with Gasteiger partial charge >= 0.3 is 5.97 Å². The van der Waals surface area contributed by atoms with Crippen molar-refractivity contribution in [3.05, 3.63) is 34.3 Å². The van der Waals surface area contributed by atoms with Gasteiger partial charge in [-0.25, -0.2) is 0 Å². The molecule has 0 heterocycles. The fraction of sp³-hybridized carbons (Fsp3) is 0.300. The number of hydrogen-bond acceptors (Lipinski definition) is 2. The molecular formula is C10H12ClNO2. The van der Waals surface area contributed by atoms with Crippen LogP contribution in [0.25, 0.3) is 0 Å². The Bertz CT molecular complexity index is 352. The molecule has 3 nitrogen and oxygen atoms in total. The van der Waals surface area contributed by atoms with E-state index in [0.29, 0.717) is 10.6 Å². The number of aliphatic carboxylic acids is 1. The quantitative estimate of drug-likeness (QED) is 0.809. The number of aryl methyl sites for hydroxylation is 1. The molecule has 0 radical (unpaired) electrons. The van der Waals surface area contributed by atoms with E-state index in [2.05, 4.69) is 0 Å². The number of nitrogens with two attached hydrogens (primary N) is 1. The maximum Gasteiger partial charge on any atom is 0.305 e. The topological polar surface area (TPSA) is 63.3 Å². The summed E-state index contributed by atoms with van der Waals surface area (Å²) in [5.41, 5.74) is 7.30. The van der Waals surface area contributed by atoms with Crippen LogP contribution in [0.1, 0.15) is 23.6 Å². The number of halogens is 1. The summed E-state index contributed by atoms with van der Waals surface area (Å²) in [6.45, 7) is 1.86. The molecule has 0 aliphatic carbocycles. The predicted molar refractivity (Wildman–Crippen MR) is 55.4 cm³/mol. The summed E-state index contributed by atoms with van der Waals surface area (Å²) in [7, 11) is 0. The zero-order valence-corrected chi connectivity index (χ0v) is 8.58.